The first kappa shape index (κ1) is 16.1. The van der Waals surface area contributed by atoms with E-state index in [-0.39, 0.29) is 0 Å². The van der Waals surface area contributed by atoms with Crippen molar-refractivity contribution >= 4 is 21.6 Å². The van der Waals surface area contributed by atoms with Crippen molar-refractivity contribution in [2.24, 2.45) is 0 Å². The van der Waals surface area contributed by atoms with Gasteiger partial charge in [0.05, 0.1) is 18.5 Å². The Bertz CT molecular complexity index is 839. The van der Waals surface area contributed by atoms with E-state index < -0.39 is 0 Å². The van der Waals surface area contributed by atoms with Crippen molar-refractivity contribution in [2.75, 3.05) is 7.11 Å². The third kappa shape index (κ3) is 3.13. The Balaban J connectivity index is 2.16. The maximum absolute atomic E-state index is 5.51. The van der Waals surface area contributed by atoms with Crippen LogP contribution in [0.4, 0.5) is 0 Å². The summed E-state index contributed by atoms with van der Waals surface area (Å²) < 4.78 is 8.81. The molecular weight excluding hydrogens is 352 g/mol. The number of nitrogens with zero attached hydrogens (tertiary/aromatic N) is 2. The van der Waals surface area contributed by atoms with Crippen LogP contribution in [0.2, 0.25) is 0 Å². The zero-order valence-electron chi connectivity index (χ0n) is 13.8. The molecule has 4 heteroatoms. The third-order valence-corrected chi connectivity index (χ3v) is 4.52. The SMILES string of the molecule is CCCc1nc2c(C)cc(Br)cn2c1Cc1ccccc1OC. The van der Waals surface area contributed by atoms with Crippen LogP contribution in [0, 0.1) is 6.92 Å². The summed E-state index contributed by atoms with van der Waals surface area (Å²) in [5.41, 5.74) is 5.84. The summed E-state index contributed by atoms with van der Waals surface area (Å²) in [6.45, 7) is 4.30. The summed E-state index contributed by atoms with van der Waals surface area (Å²) in [4.78, 5) is 4.90. The molecule has 0 radical (unpaired) electrons. The Morgan fingerprint density at radius 1 is 1.26 bits per heavy atom. The zero-order valence-corrected chi connectivity index (χ0v) is 15.4. The van der Waals surface area contributed by atoms with Gasteiger partial charge in [0.1, 0.15) is 11.4 Å². The van der Waals surface area contributed by atoms with Gasteiger partial charge < -0.3 is 9.14 Å². The molecule has 0 saturated carbocycles. The summed E-state index contributed by atoms with van der Waals surface area (Å²) in [6.07, 6.45) is 5.00. The number of fused-ring (bicyclic) bond motifs is 1. The van der Waals surface area contributed by atoms with E-state index in [0.717, 1.165) is 35.1 Å². The van der Waals surface area contributed by atoms with Gasteiger partial charge in [-0.05, 0) is 47.0 Å². The van der Waals surface area contributed by atoms with Crippen LogP contribution in [0.3, 0.4) is 0 Å². The second kappa shape index (κ2) is 6.75. The fourth-order valence-corrected chi connectivity index (χ4v) is 3.56. The van der Waals surface area contributed by atoms with Crippen molar-refractivity contribution in [1.29, 1.82) is 0 Å². The quantitative estimate of drug-likeness (QED) is 0.632. The monoisotopic (exact) mass is 372 g/mol. The molecule has 3 aromatic rings. The molecule has 0 atom stereocenters. The predicted molar refractivity (Wildman–Crippen MR) is 97.4 cm³/mol. The number of para-hydroxylation sites is 1. The molecule has 0 aliphatic heterocycles. The number of benzene rings is 1. The van der Waals surface area contributed by atoms with Crippen LogP contribution in [-0.2, 0) is 12.8 Å². The molecule has 120 valence electrons. The number of ether oxygens (including phenoxy) is 1. The topological polar surface area (TPSA) is 26.5 Å². The fourth-order valence-electron chi connectivity index (χ4n) is 3.02. The highest BCUT2D eigenvalue weighted by molar-refractivity contribution is 9.10. The first-order valence-corrected chi connectivity index (χ1v) is 8.71. The highest BCUT2D eigenvalue weighted by Crippen LogP contribution is 2.26. The number of methoxy groups -OCH3 is 1. The molecule has 2 heterocycles. The van der Waals surface area contributed by atoms with Gasteiger partial charge in [0.25, 0.3) is 0 Å². The Morgan fingerprint density at radius 3 is 2.78 bits per heavy atom. The summed E-state index contributed by atoms with van der Waals surface area (Å²) >= 11 is 3.61. The lowest BCUT2D eigenvalue weighted by molar-refractivity contribution is 0.410. The van der Waals surface area contributed by atoms with Gasteiger partial charge in [-0.2, -0.15) is 0 Å². The van der Waals surface area contributed by atoms with Crippen LogP contribution < -0.4 is 4.74 Å². The van der Waals surface area contributed by atoms with E-state index in [4.69, 9.17) is 9.72 Å². The van der Waals surface area contributed by atoms with E-state index in [1.165, 1.54) is 22.5 Å². The maximum atomic E-state index is 5.51. The second-order valence-corrected chi connectivity index (χ2v) is 6.69. The van der Waals surface area contributed by atoms with Gasteiger partial charge in [-0.15, -0.1) is 0 Å². The molecule has 3 rings (SSSR count). The summed E-state index contributed by atoms with van der Waals surface area (Å²) in [6, 6.07) is 10.3. The van der Waals surface area contributed by atoms with Gasteiger partial charge in [0, 0.05) is 22.7 Å². The highest BCUT2D eigenvalue weighted by atomic mass is 79.9. The molecule has 23 heavy (non-hydrogen) atoms. The van der Waals surface area contributed by atoms with Gasteiger partial charge in [-0.25, -0.2) is 4.98 Å². The Hall–Kier alpha value is -1.81. The van der Waals surface area contributed by atoms with Crippen LogP contribution in [0.25, 0.3) is 5.65 Å². The van der Waals surface area contributed by atoms with Gasteiger partial charge in [0.15, 0.2) is 0 Å². The molecule has 3 nitrogen and oxygen atoms in total. The van der Waals surface area contributed by atoms with Gasteiger partial charge >= 0.3 is 0 Å². The minimum Gasteiger partial charge on any atom is -0.496 e. The molecule has 0 aliphatic carbocycles. The highest BCUT2D eigenvalue weighted by Gasteiger charge is 2.15. The van der Waals surface area contributed by atoms with E-state index in [1.54, 1.807) is 7.11 Å². The van der Waals surface area contributed by atoms with Crippen molar-refractivity contribution in [3.63, 3.8) is 0 Å². The normalized spacial score (nSPS) is 11.1. The molecule has 0 spiro atoms. The number of aryl methyl sites for hydroxylation is 2. The molecule has 0 amide bonds. The lowest BCUT2D eigenvalue weighted by Gasteiger charge is -2.10. The Labute approximate surface area is 145 Å². The minimum absolute atomic E-state index is 0.816. The number of aromatic nitrogens is 2. The van der Waals surface area contributed by atoms with Crippen LogP contribution in [-0.4, -0.2) is 16.5 Å². The van der Waals surface area contributed by atoms with Crippen LogP contribution in [0.15, 0.2) is 41.0 Å². The summed E-state index contributed by atoms with van der Waals surface area (Å²) in [5.74, 6) is 0.927. The van der Waals surface area contributed by atoms with Crippen LogP contribution in [0.5, 0.6) is 5.75 Å². The third-order valence-electron chi connectivity index (χ3n) is 4.09. The van der Waals surface area contributed by atoms with Crippen LogP contribution in [0.1, 0.15) is 35.9 Å². The number of rotatable bonds is 5. The van der Waals surface area contributed by atoms with Crippen molar-refractivity contribution in [3.8, 4) is 5.75 Å². The van der Waals surface area contributed by atoms with E-state index in [9.17, 15) is 0 Å². The molecule has 2 aromatic heterocycles. The molecule has 0 N–H and O–H groups in total. The first-order valence-electron chi connectivity index (χ1n) is 7.92. The average molecular weight is 373 g/mol. The predicted octanol–water partition coefficient (Wildman–Crippen LogP) is 4.96. The van der Waals surface area contributed by atoms with Crippen molar-refractivity contribution < 1.29 is 4.74 Å². The summed E-state index contributed by atoms with van der Waals surface area (Å²) in [5, 5.41) is 0. The van der Waals surface area contributed by atoms with E-state index in [1.807, 2.05) is 12.1 Å². The van der Waals surface area contributed by atoms with Crippen molar-refractivity contribution in [2.45, 2.75) is 33.1 Å². The molecule has 0 bridgehead atoms. The molecule has 0 unspecified atom stereocenters. The lowest BCUT2D eigenvalue weighted by Crippen LogP contribution is -2.01. The smallest absolute Gasteiger partial charge is 0.140 e. The van der Waals surface area contributed by atoms with Crippen molar-refractivity contribution in [3.05, 3.63) is 63.5 Å². The Kier molecular flexibility index (Phi) is 4.71. The largest absolute Gasteiger partial charge is 0.496 e. The number of imidazole rings is 1. The first-order chi connectivity index (χ1) is 11.1. The maximum Gasteiger partial charge on any atom is 0.140 e. The van der Waals surface area contributed by atoms with Crippen molar-refractivity contribution in [1.82, 2.24) is 9.38 Å². The molecule has 0 aliphatic rings. The molecular formula is C19H21BrN2O. The number of halogens is 1. The molecule has 0 fully saturated rings. The van der Waals surface area contributed by atoms with Crippen LogP contribution >= 0.6 is 15.9 Å². The standard InChI is InChI=1S/C19H21BrN2O/c1-4-7-16-17(11-14-8-5-6-9-18(14)23-3)22-12-15(20)10-13(2)19(22)21-16/h5-6,8-10,12H,4,7,11H2,1-3H3. The summed E-state index contributed by atoms with van der Waals surface area (Å²) in [7, 11) is 1.72. The van der Waals surface area contributed by atoms with Gasteiger partial charge in [-0.1, -0.05) is 31.5 Å². The van der Waals surface area contributed by atoms with E-state index in [0.29, 0.717) is 0 Å². The van der Waals surface area contributed by atoms with E-state index in [2.05, 4.69) is 58.6 Å². The number of pyridine rings is 1. The van der Waals surface area contributed by atoms with Gasteiger partial charge in [0.2, 0.25) is 0 Å². The number of hydrogen-bond donors (Lipinski definition) is 0. The average Bonchev–Trinajstić information content (AvgIpc) is 2.87. The fraction of sp³-hybridized carbons (Fsp3) is 0.316. The molecule has 0 saturated heterocycles. The lowest BCUT2D eigenvalue weighted by atomic mass is 10.1. The number of hydrogen-bond acceptors (Lipinski definition) is 2. The van der Waals surface area contributed by atoms with E-state index >= 15 is 0 Å². The second-order valence-electron chi connectivity index (χ2n) is 5.78. The molecule has 1 aromatic carbocycles. The van der Waals surface area contributed by atoms with Gasteiger partial charge in [-0.3, -0.25) is 0 Å². The minimum atomic E-state index is 0.816. The zero-order chi connectivity index (χ0) is 16.4. The Morgan fingerprint density at radius 2 is 2.04 bits per heavy atom.